The summed E-state index contributed by atoms with van der Waals surface area (Å²) >= 11 is 0. The van der Waals surface area contributed by atoms with E-state index in [4.69, 9.17) is 0 Å². The van der Waals surface area contributed by atoms with E-state index >= 15 is 0 Å². The van der Waals surface area contributed by atoms with Gasteiger partial charge in [-0.2, -0.15) is 0 Å². The van der Waals surface area contributed by atoms with Gasteiger partial charge in [0.05, 0.1) is 11.2 Å². The third kappa shape index (κ3) is 2.55. The second-order valence-electron chi connectivity index (χ2n) is 4.66. The zero-order chi connectivity index (χ0) is 12.5. The molecule has 2 N–H and O–H groups in total. The first-order chi connectivity index (χ1) is 8.02. The molecule has 1 amide bonds. The SMILES string of the molecule is CNc1ccc(C(=O)N2CCC(C)(O)C2)cn1. The minimum Gasteiger partial charge on any atom is -0.388 e. The summed E-state index contributed by atoms with van der Waals surface area (Å²) in [6.07, 6.45) is 2.18. The maximum atomic E-state index is 12.1. The molecule has 1 saturated heterocycles. The van der Waals surface area contributed by atoms with Crippen LogP contribution in [-0.2, 0) is 0 Å². The summed E-state index contributed by atoms with van der Waals surface area (Å²) in [7, 11) is 1.78. The van der Waals surface area contributed by atoms with Gasteiger partial charge >= 0.3 is 0 Å². The number of anilines is 1. The Morgan fingerprint density at radius 1 is 1.59 bits per heavy atom. The van der Waals surface area contributed by atoms with Crippen LogP contribution in [0.15, 0.2) is 18.3 Å². The lowest BCUT2D eigenvalue weighted by atomic mass is 10.1. The Hall–Kier alpha value is -1.62. The monoisotopic (exact) mass is 235 g/mol. The number of aromatic nitrogens is 1. The molecular formula is C12H17N3O2. The first kappa shape index (κ1) is 11.9. The average molecular weight is 235 g/mol. The number of amides is 1. The maximum Gasteiger partial charge on any atom is 0.255 e. The van der Waals surface area contributed by atoms with Crippen molar-refractivity contribution in [1.82, 2.24) is 9.88 Å². The van der Waals surface area contributed by atoms with E-state index in [-0.39, 0.29) is 5.91 Å². The molecule has 5 heteroatoms. The van der Waals surface area contributed by atoms with Gasteiger partial charge in [0.25, 0.3) is 5.91 Å². The molecule has 17 heavy (non-hydrogen) atoms. The summed E-state index contributed by atoms with van der Waals surface area (Å²) in [4.78, 5) is 17.9. The van der Waals surface area contributed by atoms with Gasteiger partial charge in [0.2, 0.25) is 0 Å². The van der Waals surface area contributed by atoms with Gasteiger partial charge in [-0.1, -0.05) is 0 Å². The Morgan fingerprint density at radius 3 is 2.82 bits per heavy atom. The van der Waals surface area contributed by atoms with Crippen molar-refractivity contribution in [2.75, 3.05) is 25.5 Å². The van der Waals surface area contributed by atoms with Gasteiger partial charge in [-0.3, -0.25) is 4.79 Å². The third-order valence-electron chi connectivity index (χ3n) is 3.01. The van der Waals surface area contributed by atoms with E-state index < -0.39 is 5.60 Å². The van der Waals surface area contributed by atoms with Crippen LogP contribution in [0.25, 0.3) is 0 Å². The highest BCUT2D eigenvalue weighted by atomic mass is 16.3. The number of nitrogens with zero attached hydrogens (tertiary/aromatic N) is 2. The zero-order valence-electron chi connectivity index (χ0n) is 10.1. The molecule has 1 aliphatic heterocycles. The summed E-state index contributed by atoms with van der Waals surface area (Å²) in [5, 5.41) is 12.7. The standard InChI is InChI=1S/C12H17N3O2/c1-12(17)5-6-15(8-12)11(16)9-3-4-10(13-2)14-7-9/h3-4,7,17H,5-6,8H2,1-2H3,(H,13,14). The molecule has 0 radical (unpaired) electrons. The minimum atomic E-state index is -0.756. The van der Waals surface area contributed by atoms with Gasteiger partial charge in [-0.25, -0.2) is 4.98 Å². The molecule has 2 heterocycles. The van der Waals surface area contributed by atoms with Crippen molar-refractivity contribution in [2.45, 2.75) is 18.9 Å². The maximum absolute atomic E-state index is 12.1. The van der Waals surface area contributed by atoms with Crippen molar-refractivity contribution in [3.05, 3.63) is 23.9 Å². The van der Waals surface area contributed by atoms with E-state index in [0.717, 1.165) is 5.82 Å². The number of β-amino-alcohol motifs (C(OH)–C–C–N with tert-alkyl or cyclic N) is 1. The van der Waals surface area contributed by atoms with Gasteiger partial charge in [-0.15, -0.1) is 0 Å². The van der Waals surface area contributed by atoms with E-state index in [1.807, 2.05) is 0 Å². The molecule has 1 aromatic rings. The van der Waals surface area contributed by atoms with Crippen molar-refractivity contribution in [2.24, 2.45) is 0 Å². The highest BCUT2D eigenvalue weighted by molar-refractivity contribution is 5.94. The number of nitrogens with one attached hydrogen (secondary N) is 1. The molecule has 0 bridgehead atoms. The highest BCUT2D eigenvalue weighted by Crippen LogP contribution is 2.22. The fraction of sp³-hybridized carbons (Fsp3) is 0.500. The topological polar surface area (TPSA) is 65.5 Å². The average Bonchev–Trinajstić information content (AvgIpc) is 2.69. The van der Waals surface area contributed by atoms with E-state index in [2.05, 4.69) is 10.3 Å². The Bertz CT molecular complexity index is 414. The molecule has 1 unspecified atom stereocenters. The van der Waals surface area contributed by atoms with Gasteiger partial charge in [-0.05, 0) is 25.5 Å². The summed E-state index contributed by atoms with van der Waals surface area (Å²) in [6.45, 7) is 2.74. The summed E-state index contributed by atoms with van der Waals surface area (Å²) < 4.78 is 0. The number of rotatable bonds is 2. The summed E-state index contributed by atoms with van der Waals surface area (Å²) in [6, 6.07) is 3.51. The Labute approximate surface area is 100 Å². The molecule has 0 saturated carbocycles. The normalized spacial score (nSPS) is 23.8. The summed E-state index contributed by atoms with van der Waals surface area (Å²) in [5.41, 5.74) is -0.199. The molecular weight excluding hydrogens is 218 g/mol. The van der Waals surface area contributed by atoms with E-state index in [9.17, 15) is 9.90 Å². The van der Waals surface area contributed by atoms with Gasteiger partial charge < -0.3 is 15.3 Å². The van der Waals surface area contributed by atoms with Crippen LogP contribution in [0.5, 0.6) is 0 Å². The predicted molar refractivity (Wildman–Crippen MR) is 64.9 cm³/mol. The largest absolute Gasteiger partial charge is 0.388 e. The van der Waals surface area contributed by atoms with Crippen LogP contribution < -0.4 is 5.32 Å². The van der Waals surface area contributed by atoms with Gasteiger partial charge in [0, 0.05) is 26.3 Å². The molecule has 1 fully saturated rings. The lowest BCUT2D eigenvalue weighted by Crippen LogP contribution is -2.33. The van der Waals surface area contributed by atoms with Crippen LogP contribution in [0.2, 0.25) is 0 Å². The zero-order valence-corrected chi connectivity index (χ0v) is 10.1. The quantitative estimate of drug-likeness (QED) is 0.792. The van der Waals surface area contributed by atoms with Crippen molar-refractivity contribution in [3.8, 4) is 0 Å². The van der Waals surface area contributed by atoms with Crippen molar-refractivity contribution < 1.29 is 9.90 Å². The lowest BCUT2D eigenvalue weighted by molar-refractivity contribution is 0.0572. The molecule has 1 aromatic heterocycles. The van der Waals surface area contributed by atoms with E-state index in [1.165, 1.54) is 0 Å². The second kappa shape index (κ2) is 4.33. The molecule has 2 rings (SSSR count). The number of carbonyl (C=O) groups is 1. The Balaban J connectivity index is 2.09. The highest BCUT2D eigenvalue weighted by Gasteiger charge is 2.34. The minimum absolute atomic E-state index is 0.0714. The fourth-order valence-corrected chi connectivity index (χ4v) is 1.97. The molecule has 1 atom stereocenters. The van der Waals surface area contributed by atoms with Crippen LogP contribution in [0.1, 0.15) is 23.7 Å². The van der Waals surface area contributed by atoms with Gasteiger partial charge in [0.15, 0.2) is 0 Å². The molecule has 1 aliphatic rings. The van der Waals surface area contributed by atoms with Crippen molar-refractivity contribution in [3.63, 3.8) is 0 Å². The lowest BCUT2D eigenvalue weighted by Gasteiger charge is -2.18. The van der Waals surface area contributed by atoms with Crippen LogP contribution in [0.3, 0.4) is 0 Å². The second-order valence-corrected chi connectivity index (χ2v) is 4.66. The third-order valence-corrected chi connectivity index (χ3v) is 3.01. The van der Waals surface area contributed by atoms with Crippen LogP contribution >= 0.6 is 0 Å². The Morgan fingerprint density at radius 2 is 2.35 bits per heavy atom. The number of carbonyl (C=O) groups excluding carboxylic acids is 1. The van der Waals surface area contributed by atoms with Crippen LogP contribution in [-0.4, -0.2) is 46.6 Å². The number of likely N-dealkylation sites (tertiary alicyclic amines) is 1. The predicted octanol–water partition coefficient (Wildman–Crippen LogP) is 0.720. The van der Waals surface area contributed by atoms with E-state index in [0.29, 0.717) is 25.1 Å². The number of pyridine rings is 1. The molecule has 92 valence electrons. The smallest absolute Gasteiger partial charge is 0.255 e. The van der Waals surface area contributed by atoms with Crippen molar-refractivity contribution >= 4 is 11.7 Å². The number of hydrogen-bond donors (Lipinski definition) is 2. The fourth-order valence-electron chi connectivity index (χ4n) is 1.97. The number of aliphatic hydroxyl groups is 1. The van der Waals surface area contributed by atoms with Crippen LogP contribution in [0, 0.1) is 0 Å². The number of hydrogen-bond acceptors (Lipinski definition) is 4. The molecule has 0 spiro atoms. The van der Waals surface area contributed by atoms with Gasteiger partial charge in [0.1, 0.15) is 5.82 Å². The van der Waals surface area contributed by atoms with E-state index in [1.54, 1.807) is 37.2 Å². The molecule has 5 nitrogen and oxygen atoms in total. The molecule has 0 aliphatic carbocycles. The first-order valence-corrected chi connectivity index (χ1v) is 5.67. The molecule has 0 aromatic carbocycles. The van der Waals surface area contributed by atoms with Crippen LogP contribution in [0.4, 0.5) is 5.82 Å². The summed E-state index contributed by atoms with van der Waals surface area (Å²) in [5.74, 6) is 0.660. The Kier molecular flexibility index (Phi) is 3.02. The van der Waals surface area contributed by atoms with Crippen molar-refractivity contribution in [1.29, 1.82) is 0 Å². The first-order valence-electron chi connectivity index (χ1n) is 5.67.